The molecule has 0 amide bonds. The van der Waals surface area contributed by atoms with Crippen LogP contribution in [0, 0.1) is 5.92 Å². The molecule has 7 aliphatic heterocycles. The fourth-order valence-corrected chi connectivity index (χ4v) is 5.00. The van der Waals surface area contributed by atoms with Crippen LogP contribution in [0.15, 0.2) is 0 Å². The third-order valence-electron chi connectivity index (χ3n) is 9.27. The molecule has 0 aromatic rings. The first-order valence-electron chi connectivity index (χ1n) is 20.2. The summed E-state index contributed by atoms with van der Waals surface area (Å²) in [6.07, 6.45) is 5.04. The van der Waals surface area contributed by atoms with Gasteiger partial charge in [-0.2, -0.15) is 0 Å². The van der Waals surface area contributed by atoms with Gasteiger partial charge in [-0.25, -0.2) is 0 Å². The van der Waals surface area contributed by atoms with Crippen LogP contribution in [-0.2, 0) is 71.1 Å². The molecule has 2 N–H and O–H groups in total. The molecule has 7 aliphatic rings. The van der Waals surface area contributed by atoms with Crippen LogP contribution in [0.25, 0.3) is 0 Å². The van der Waals surface area contributed by atoms with E-state index in [4.69, 9.17) is 71.1 Å². The van der Waals surface area contributed by atoms with E-state index in [0.29, 0.717) is 110 Å². The molecule has 0 spiro atoms. The van der Waals surface area contributed by atoms with E-state index in [1.54, 1.807) is 7.11 Å². The Morgan fingerprint density at radius 1 is 0.455 bits per heavy atom. The smallest absolute Gasteiger partial charge is 0.104 e. The fraction of sp³-hybridized carbons (Fsp3) is 1.00. The second-order valence-corrected chi connectivity index (χ2v) is 15.2. The number of ether oxygens (including phenoxy) is 15. The molecular formula is C38H68O17. The van der Waals surface area contributed by atoms with Crippen molar-refractivity contribution in [3.05, 3.63) is 0 Å². The molecule has 11 atom stereocenters. The Morgan fingerprint density at radius 3 is 1.33 bits per heavy atom. The van der Waals surface area contributed by atoms with Crippen molar-refractivity contribution in [1.82, 2.24) is 0 Å². The molecule has 0 radical (unpaired) electrons. The Hall–Kier alpha value is -0.680. The summed E-state index contributed by atoms with van der Waals surface area (Å²) in [4.78, 5) is 0. The van der Waals surface area contributed by atoms with Gasteiger partial charge in [0.1, 0.15) is 42.7 Å². The number of aliphatic hydroxyl groups is 2. The van der Waals surface area contributed by atoms with Gasteiger partial charge in [0.2, 0.25) is 0 Å². The highest BCUT2D eigenvalue weighted by molar-refractivity contribution is 4.75. The van der Waals surface area contributed by atoms with Gasteiger partial charge >= 0.3 is 0 Å². The molecule has 0 aromatic carbocycles. The maximum Gasteiger partial charge on any atom is 0.104 e. The van der Waals surface area contributed by atoms with E-state index in [1.165, 1.54) is 0 Å². The zero-order chi connectivity index (χ0) is 38.5. The van der Waals surface area contributed by atoms with Gasteiger partial charge < -0.3 is 81.3 Å². The summed E-state index contributed by atoms with van der Waals surface area (Å²) in [5, 5.41) is 19.3. The van der Waals surface area contributed by atoms with Crippen LogP contribution in [0.4, 0.5) is 0 Å². The predicted molar refractivity (Wildman–Crippen MR) is 193 cm³/mol. The Labute approximate surface area is 326 Å². The zero-order valence-electron chi connectivity index (χ0n) is 32.9. The molecule has 7 heterocycles. The van der Waals surface area contributed by atoms with Gasteiger partial charge in [-0.1, -0.05) is 0 Å². The first-order valence-corrected chi connectivity index (χ1v) is 20.2. The monoisotopic (exact) mass is 796 g/mol. The van der Waals surface area contributed by atoms with E-state index in [9.17, 15) is 10.2 Å². The lowest BCUT2D eigenvalue weighted by Gasteiger charge is -2.19. The normalized spacial score (nSPS) is 30.4. The number of epoxide rings is 7. The van der Waals surface area contributed by atoms with Gasteiger partial charge in [0, 0.05) is 13.0 Å². The van der Waals surface area contributed by atoms with Crippen molar-refractivity contribution in [2.75, 3.05) is 139 Å². The van der Waals surface area contributed by atoms with Crippen molar-refractivity contribution in [3.63, 3.8) is 0 Å². The Morgan fingerprint density at radius 2 is 0.836 bits per heavy atom. The van der Waals surface area contributed by atoms with Crippen molar-refractivity contribution < 1.29 is 81.3 Å². The minimum atomic E-state index is -0.549. The lowest BCUT2D eigenvalue weighted by molar-refractivity contribution is -0.0774. The van der Waals surface area contributed by atoms with Gasteiger partial charge in [-0.3, -0.25) is 0 Å². The van der Waals surface area contributed by atoms with Crippen molar-refractivity contribution in [3.8, 4) is 0 Å². The van der Waals surface area contributed by atoms with Crippen LogP contribution in [0.2, 0.25) is 0 Å². The van der Waals surface area contributed by atoms with Crippen LogP contribution >= 0.6 is 0 Å². The number of aliphatic hydroxyl groups excluding tert-OH is 2. The quantitative estimate of drug-likeness (QED) is 0.0834. The summed E-state index contributed by atoms with van der Waals surface area (Å²) in [6.45, 7) is 14.7. The van der Waals surface area contributed by atoms with Gasteiger partial charge in [0.25, 0.3) is 0 Å². The number of hydrogen-bond acceptors (Lipinski definition) is 17. The largest absolute Gasteiger partial charge is 0.391 e. The second kappa shape index (κ2) is 26.4. The van der Waals surface area contributed by atoms with E-state index in [1.807, 2.05) is 6.92 Å². The van der Waals surface area contributed by atoms with E-state index in [0.717, 1.165) is 71.9 Å². The molecule has 322 valence electrons. The first-order chi connectivity index (χ1) is 26.9. The summed E-state index contributed by atoms with van der Waals surface area (Å²) < 4.78 is 79.5. The minimum absolute atomic E-state index is 0.0630. The predicted octanol–water partition coefficient (Wildman–Crippen LogP) is 0.169. The van der Waals surface area contributed by atoms with Crippen LogP contribution in [0.1, 0.15) is 32.6 Å². The first kappa shape index (κ1) is 45.4. The average Bonchev–Trinajstić information content (AvgIpc) is 3.97. The second-order valence-electron chi connectivity index (χ2n) is 15.2. The summed E-state index contributed by atoms with van der Waals surface area (Å²) in [6, 6.07) is 0. The van der Waals surface area contributed by atoms with Crippen molar-refractivity contribution in [2.24, 2.45) is 5.92 Å². The van der Waals surface area contributed by atoms with Crippen LogP contribution in [0.3, 0.4) is 0 Å². The average molecular weight is 797 g/mol. The molecule has 7 saturated heterocycles. The Kier molecular flexibility index (Phi) is 21.8. The molecule has 0 saturated carbocycles. The maximum absolute atomic E-state index is 9.88. The maximum atomic E-state index is 9.88. The molecule has 11 unspecified atom stereocenters. The molecule has 7 fully saturated rings. The third-order valence-corrected chi connectivity index (χ3v) is 9.27. The summed E-state index contributed by atoms with van der Waals surface area (Å²) >= 11 is 0. The topological polar surface area (TPSA) is 202 Å². The summed E-state index contributed by atoms with van der Waals surface area (Å²) in [5.41, 5.74) is 0. The Balaban J connectivity index is 0.000000162. The lowest BCUT2D eigenvalue weighted by Crippen LogP contribution is -2.29. The highest BCUT2D eigenvalue weighted by Crippen LogP contribution is 2.21. The van der Waals surface area contributed by atoms with Crippen molar-refractivity contribution in [2.45, 2.75) is 99.8 Å². The third kappa shape index (κ3) is 26.1. The van der Waals surface area contributed by atoms with E-state index >= 15 is 0 Å². The van der Waals surface area contributed by atoms with E-state index < -0.39 is 12.2 Å². The Bertz CT molecular complexity index is 937. The SMILES string of the molecule is COC(C)COCC(COCC1CO1)OCC1CO1.OC(CCC1CO1)COCC(CCC1CO1)COCC1CO1.OC(COCC1CO1)COCC1CO1. The molecule has 17 heteroatoms. The zero-order valence-corrected chi connectivity index (χ0v) is 32.9. The van der Waals surface area contributed by atoms with Crippen molar-refractivity contribution in [1.29, 1.82) is 0 Å². The van der Waals surface area contributed by atoms with Gasteiger partial charge in [0.05, 0.1) is 157 Å². The van der Waals surface area contributed by atoms with Gasteiger partial charge in [0.15, 0.2) is 0 Å². The van der Waals surface area contributed by atoms with Gasteiger partial charge in [-0.15, -0.1) is 0 Å². The number of rotatable bonds is 34. The fourth-order valence-electron chi connectivity index (χ4n) is 5.00. The lowest BCUT2D eigenvalue weighted by atomic mass is 10.0. The minimum Gasteiger partial charge on any atom is -0.391 e. The molecule has 55 heavy (non-hydrogen) atoms. The summed E-state index contributed by atoms with van der Waals surface area (Å²) in [7, 11) is 1.67. The number of hydrogen-bond donors (Lipinski definition) is 2. The van der Waals surface area contributed by atoms with Crippen LogP contribution in [0.5, 0.6) is 0 Å². The highest BCUT2D eigenvalue weighted by Gasteiger charge is 2.28. The molecule has 0 aliphatic carbocycles. The van der Waals surface area contributed by atoms with Crippen LogP contribution in [-0.4, -0.2) is 217 Å². The molecule has 7 rings (SSSR count). The van der Waals surface area contributed by atoms with E-state index in [-0.39, 0.29) is 36.6 Å². The highest BCUT2D eigenvalue weighted by atomic mass is 16.6. The number of methoxy groups -OCH3 is 1. The molecule has 0 bridgehead atoms. The van der Waals surface area contributed by atoms with E-state index in [2.05, 4.69) is 0 Å². The molecular weight excluding hydrogens is 728 g/mol. The summed E-state index contributed by atoms with van der Waals surface area (Å²) in [5.74, 6) is 0.363. The van der Waals surface area contributed by atoms with Crippen LogP contribution < -0.4 is 0 Å². The molecule has 17 nitrogen and oxygen atoms in total. The molecule has 0 aromatic heterocycles. The van der Waals surface area contributed by atoms with Gasteiger partial charge in [-0.05, 0) is 32.6 Å². The standard InChI is InChI=1S/C16H28O6.C13H24O6.C9H16O5/c17-13(2-4-15-10-21-15)7-18-5-12(1-3-14-9-20-14)6-19-8-16-11-22-16;1-10(14-2)3-15-4-11(17-8-13-9-19-13)5-16-6-12-7-18-12;10-7(1-11-3-8-5-13-8)2-12-4-9-6-14-9/h12-17H,1-11H2;10-13H,3-9H2,1-2H3;7-10H,1-6H2. The van der Waals surface area contributed by atoms with Crippen molar-refractivity contribution >= 4 is 0 Å².